The third-order valence-corrected chi connectivity index (χ3v) is 6.92. The number of carbonyl (C=O) groups is 3. The lowest BCUT2D eigenvalue weighted by atomic mass is 9.95. The summed E-state index contributed by atoms with van der Waals surface area (Å²) in [4.78, 5) is 44.6. The molecule has 0 aliphatic carbocycles. The van der Waals surface area contributed by atoms with E-state index in [0.717, 1.165) is 63.8 Å². The van der Waals surface area contributed by atoms with E-state index in [1.165, 1.54) is 4.90 Å². The first-order valence-corrected chi connectivity index (χ1v) is 11.3. The van der Waals surface area contributed by atoms with E-state index in [4.69, 9.17) is 4.74 Å². The molecule has 4 heterocycles. The Labute approximate surface area is 176 Å². The Morgan fingerprint density at radius 1 is 1.00 bits per heavy atom. The van der Waals surface area contributed by atoms with Crippen LogP contribution in [0.4, 0.5) is 5.69 Å². The van der Waals surface area contributed by atoms with Crippen LogP contribution in [0.1, 0.15) is 59.2 Å². The molecule has 7 heteroatoms. The monoisotopic (exact) mass is 411 g/mol. The highest BCUT2D eigenvalue weighted by molar-refractivity contribution is 6.23. The van der Waals surface area contributed by atoms with Gasteiger partial charge in [-0.3, -0.25) is 19.3 Å². The second kappa shape index (κ2) is 8.02. The van der Waals surface area contributed by atoms with E-state index in [1.54, 1.807) is 6.07 Å². The molecule has 3 saturated heterocycles. The van der Waals surface area contributed by atoms with Gasteiger partial charge in [-0.2, -0.15) is 0 Å². The first kappa shape index (κ1) is 19.5. The Balaban J connectivity index is 1.37. The van der Waals surface area contributed by atoms with Crippen LogP contribution >= 0.6 is 0 Å². The quantitative estimate of drug-likeness (QED) is 0.711. The fourth-order valence-corrected chi connectivity index (χ4v) is 5.33. The Morgan fingerprint density at radius 3 is 2.60 bits per heavy atom. The van der Waals surface area contributed by atoms with Crippen LogP contribution in [-0.4, -0.2) is 73.0 Å². The maximum Gasteiger partial charge on any atom is 0.263 e. The minimum atomic E-state index is -0.228. The smallest absolute Gasteiger partial charge is 0.263 e. The number of ether oxygens (including phenoxy) is 1. The van der Waals surface area contributed by atoms with Crippen LogP contribution in [0.3, 0.4) is 0 Å². The van der Waals surface area contributed by atoms with Crippen molar-refractivity contribution in [3.63, 3.8) is 0 Å². The standard InChI is InChI=1S/C23H29N3O4/c27-21(24-10-1-2-11-24)16-6-4-12-25(14-16)19-9-3-8-18-20(19)23(29)26(22(18)28)15-17-7-5-13-30-17/h3,8-9,16-17H,1-2,4-7,10-15H2/t16-,17+/m0/s1. The molecule has 0 saturated carbocycles. The predicted octanol–water partition coefficient (Wildman–Crippen LogP) is 2.30. The van der Waals surface area contributed by atoms with Gasteiger partial charge in [-0.1, -0.05) is 6.07 Å². The van der Waals surface area contributed by atoms with Crippen molar-refractivity contribution in [3.8, 4) is 0 Å². The van der Waals surface area contributed by atoms with Gasteiger partial charge < -0.3 is 14.5 Å². The molecule has 4 aliphatic rings. The van der Waals surface area contributed by atoms with Crippen molar-refractivity contribution in [3.05, 3.63) is 29.3 Å². The fraction of sp³-hybridized carbons (Fsp3) is 0.609. The zero-order chi connectivity index (χ0) is 20.7. The second-order valence-electron chi connectivity index (χ2n) is 8.87. The van der Waals surface area contributed by atoms with Crippen LogP contribution in [-0.2, 0) is 9.53 Å². The van der Waals surface area contributed by atoms with E-state index in [2.05, 4.69) is 4.90 Å². The number of hydrogen-bond donors (Lipinski definition) is 0. The summed E-state index contributed by atoms with van der Waals surface area (Å²) in [7, 11) is 0. The molecule has 3 fully saturated rings. The highest BCUT2D eigenvalue weighted by Crippen LogP contribution is 2.35. The summed E-state index contributed by atoms with van der Waals surface area (Å²) in [6, 6.07) is 5.51. The lowest BCUT2D eigenvalue weighted by molar-refractivity contribution is -0.134. The number of nitrogens with zero attached hydrogens (tertiary/aromatic N) is 3. The number of amides is 3. The SMILES string of the molecule is O=C([C@H]1CCCN(c2cccc3c2C(=O)N(C[C@H]2CCCO2)C3=O)C1)N1CCCC1. The maximum atomic E-state index is 13.2. The molecule has 0 N–H and O–H groups in total. The van der Waals surface area contributed by atoms with Gasteiger partial charge in [0.05, 0.1) is 35.4 Å². The largest absolute Gasteiger partial charge is 0.376 e. The number of fused-ring (bicyclic) bond motifs is 1. The van der Waals surface area contributed by atoms with Gasteiger partial charge >= 0.3 is 0 Å². The lowest BCUT2D eigenvalue weighted by Gasteiger charge is -2.36. The number of likely N-dealkylation sites (tertiary alicyclic amines) is 1. The van der Waals surface area contributed by atoms with Crippen LogP contribution in [0.2, 0.25) is 0 Å². The van der Waals surface area contributed by atoms with Crippen molar-refractivity contribution in [1.82, 2.24) is 9.80 Å². The molecular formula is C23H29N3O4. The first-order chi connectivity index (χ1) is 14.6. The summed E-state index contributed by atoms with van der Waals surface area (Å²) in [5.41, 5.74) is 1.76. The normalized spacial score (nSPS) is 26.6. The first-order valence-electron chi connectivity index (χ1n) is 11.3. The molecule has 160 valence electrons. The lowest BCUT2D eigenvalue weighted by Crippen LogP contribution is -2.44. The van der Waals surface area contributed by atoms with Gasteiger partial charge in [0.2, 0.25) is 5.91 Å². The van der Waals surface area contributed by atoms with Crippen LogP contribution in [0.25, 0.3) is 0 Å². The molecular weight excluding hydrogens is 382 g/mol. The Kier molecular flexibility index (Phi) is 5.23. The van der Waals surface area contributed by atoms with E-state index in [9.17, 15) is 14.4 Å². The van der Waals surface area contributed by atoms with Crippen molar-refractivity contribution in [2.75, 3.05) is 44.2 Å². The summed E-state index contributed by atoms with van der Waals surface area (Å²) in [5.74, 6) is -0.252. The molecule has 7 nitrogen and oxygen atoms in total. The van der Waals surface area contributed by atoms with Crippen LogP contribution in [0.15, 0.2) is 18.2 Å². The third-order valence-electron chi connectivity index (χ3n) is 6.92. The Morgan fingerprint density at radius 2 is 1.83 bits per heavy atom. The minimum Gasteiger partial charge on any atom is -0.376 e. The molecule has 1 aromatic rings. The number of hydrogen-bond acceptors (Lipinski definition) is 5. The second-order valence-corrected chi connectivity index (χ2v) is 8.87. The zero-order valence-corrected chi connectivity index (χ0v) is 17.3. The molecule has 30 heavy (non-hydrogen) atoms. The number of imide groups is 1. The van der Waals surface area contributed by atoms with Crippen LogP contribution in [0, 0.1) is 5.92 Å². The topological polar surface area (TPSA) is 70.2 Å². The number of anilines is 1. The van der Waals surface area contributed by atoms with E-state index in [-0.39, 0.29) is 29.7 Å². The third kappa shape index (κ3) is 3.39. The predicted molar refractivity (Wildman–Crippen MR) is 112 cm³/mol. The molecule has 2 atom stereocenters. The molecule has 0 bridgehead atoms. The molecule has 1 aromatic carbocycles. The number of benzene rings is 1. The van der Waals surface area contributed by atoms with Crippen LogP contribution < -0.4 is 4.90 Å². The zero-order valence-electron chi connectivity index (χ0n) is 17.3. The van der Waals surface area contributed by atoms with Crippen molar-refractivity contribution >= 4 is 23.4 Å². The Hall–Kier alpha value is -2.41. The highest BCUT2D eigenvalue weighted by atomic mass is 16.5. The summed E-state index contributed by atoms with van der Waals surface area (Å²) in [5, 5.41) is 0. The van der Waals surface area contributed by atoms with Crippen molar-refractivity contribution in [2.45, 2.75) is 44.6 Å². The molecule has 0 radical (unpaired) electrons. The average molecular weight is 412 g/mol. The van der Waals surface area contributed by atoms with E-state index in [1.807, 2.05) is 17.0 Å². The summed E-state index contributed by atoms with van der Waals surface area (Å²) in [6.07, 6.45) is 5.77. The van der Waals surface area contributed by atoms with Gasteiger partial charge in [0.15, 0.2) is 0 Å². The minimum absolute atomic E-state index is 0.0390. The van der Waals surface area contributed by atoms with E-state index < -0.39 is 0 Å². The van der Waals surface area contributed by atoms with E-state index >= 15 is 0 Å². The maximum absolute atomic E-state index is 13.2. The molecule has 0 unspecified atom stereocenters. The highest BCUT2D eigenvalue weighted by Gasteiger charge is 2.41. The van der Waals surface area contributed by atoms with Crippen molar-refractivity contribution in [1.29, 1.82) is 0 Å². The fourth-order valence-electron chi connectivity index (χ4n) is 5.33. The molecule has 0 spiro atoms. The number of rotatable bonds is 4. The van der Waals surface area contributed by atoms with Crippen molar-refractivity contribution < 1.29 is 19.1 Å². The molecule has 5 rings (SSSR count). The van der Waals surface area contributed by atoms with Gasteiger partial charge in [-0.15, -0.1) is 0 Å². The average Bonchev–Trinajstić information content (AvgIpc) is 3.53. The molecule has 3 amide bonds. The van der Waals surface area contributed by atoms with E-state index in [0.29, 0.717) is 30.8 Å². The van der Waals surface area contributed by atoms with Crippen molar-refractivity contribution in [2.24, 2.45) is 5.92 Å². The van der Waals surface area contributed by atoms with Gasteiger partial charge in [0, 0.05) is 32.8 Å². The van der Waals surface area contributed by atoms with Gasteiger partial charge in [0.25, 0.3) is 11.8 Å². The number of piperidine rings is 1. The summed E-state index contributed by atoms with van der Waals surface area (Å²) in [6.45, 7) is 4.15. The molecule has 0 aromatic heterocycles. The number of carbonyl (C=O) groups excluding carboxylic acids is 3. The Bertz CT molecular complexity index is 858. The van der Waals surface area contributed by atoms with Crippen LogP contribution in [0.5, 0.6) is 0 Å². The summed E-state index contributed by atoms with van der Waals surface area (Å²) < 4.78 is 5.65. The van der Waals surface area contributed by atoms with Gasteiger partial charge in [0.1, 0.15) is 0 Å². The van der Waals surface area contributed by atoms with Gasteiger partial charge in [-0.25, -0.2) is 0 Å². The van der Waals surface area contributed by atoms with Gasteiger partial charge in [-0.05, 0) is 50.7 Å². The summed E-state index contributed by atoms with van der Waals surface area (Å²) >= 11 is 0. The molecule has 4 aliphatic heterocycles.